The van der Waals surface area contributed by atoms with E-state index >= 15 is 0 Å². The van der Waals surface area contributed by atoms with Crippen LogP contribution in [0.5, 0.6) is 0 Å². The summed E-state index contributed by atoms with van der Waals surface area (Å²) in [5.74, 6) is 0.480. The summed E-state index contributed by atoms with van der Waals surface area (Å²) in [5, 5.41) is 2.97. The highest BCUT2D eigenvalue weighted by Crippen LogP contribution is 2.34. The molecule has 0 saturated carbocycles. The summed E-state index contributed by atoms with van der Waals surface area (Å²) in [6.45, 7) is 7.63. The lowest BCUT2D eigenvalue weighted by atomic mass is 9.86. The molecule has 3 rings (SSSR count). The van der Waals surface area contributed by atoms with Crippen LogP contribution in [0.25, 0.3) is 0 Å². The van der Waals surface area contributed by atoms with E-state index in [0.29, 0.717) is 25.3 Å². The van der Waals surface area contributed by atoms with Crippen LogP contribution in [0.1, 0.15) is 38.3 Å². The molecule has 4 nitrogen and oxygen atoms in total. The highest BCUT2D eigenvalue weighted by Gasteiger charge is 2.24. The largest absolute Gasteiger partial charge is 0.356 e. The fourth-order valence-electron chi connectivity index (χ4n) is 3.22. The zero-order valence-corrected chi connectivity index (χ0v) is 17.6. The standard InChI is InChI=1S/C23H28N2O2S/c1-23(2,3)18-10-8-17(9-11-18)12-14-24-21(26)13-15-25-19-6-4-5-7-20(19)28-16-22(25)27/h4-11H,12-16H2,1-3H3,(H,24,26). The van der Waals surface area contributed by atoms with Crippen LogP contribution in [0.2, 0.25) is 0 Å². The van der Waals surface area contributed by atoms with Crippen LogP contribution in [0.3, 0.4) is 0 Å². The van der Waals surface area contributed by atoms with Crippen LogP contribution in [-0.2, 0) is 21.4 Å². The first-order valence-electron chi connectivity index (χ1n) is 9.73. The van der Waals surface area contributed by atoms with Gasteiger partial charge in [-0.3, -0.25) is 9.59 Å². The van der Waals surface area contributed by atoms with Gasteiger partial charge in [-0.15, -0.1) is 11.8 Å². The lowest BCUT2D eigenvalue weighted by molar-refractivity contribution is -0.121. The number of rotatable bonds is 6. The Morgan fingerprint density at radius 1 is 1.11 bits per heavy atom. The van der Waals surface area contributed by atoms with Gasteiger partial charge in [0.25, 0.3) is 0 Å². The van der Waals surface area contributed by atoms with E-state index in [4.69, 9.17) is 0 Å². The highest BCUT2D eigenvalue weighted by molar-refractivity contribution is 8.00. The lowest BCUT2D eigenvalue weighted by Gasteiger charge is -2.28. The molecule has 0 bridgehead atoms. The van der Waals surface area contributed by atoms with Crippen LogP contribution in [0.4, 0.5) is 5.69 Å². The molecule has 28 heavy (non-hydrogen) atoms. The Balaban J connectivity index is 1.46. The minimum Gasteiger partial charge on any atom is -0.356 e. The third-order valence-corrected chi connectivity index (χ3v) is 5.97. The second-order valence-electron chi connectivity index (χ2n) is 8.10. The normalized spacial score (nSPS) is 14.0. The second-order valence-corrected chi connectivity index (χ2v) is 9.12. The van der Waals surface area contributed by atoms with E-state index in [1.165, 1.54) is 11.1 Å². The van der Waals surface area contributed by atoms with Gasteiger partial charge in [-0.25, -0.2) is 0 Å². The highest BCUT2D eigenvalue weighted by atomic mass is 32.2. The van der Waals surface area contributed by atoms with Crippen molar-refractivity contribution >= 4 is 29.3 Å². The van der Waals surface area contributed by atoms with Crippen molar-refractivity contribution in [1.82, 2.24) is 5.32 Å². The molecule has 0 fully saturated rings. The maximum absolute atomic E-state index is 12.2. The van der Waals surface area contributed by atoms with Gasteiger partial charge in [-0.05, 0) is 35.1 Å². The average molecular weight is 397 g/mol. The number of benzene rings is 2. The van der Waals surface area contributed by atoms with Crippen molar-refractivity contribution in [2.24, 2.45) is 0 Å². The molecule has 148 valence electrons. The second kappa shape index (κ2) is 8.82. The van der Waals surface area contributed by atoms with Gasteiger partial charge < -0.3 is 10.2 Å². The number of hydrogen-bond acceptors (Lipinski definition) is 3. The molecule has 1 aliphatic heterocycles. The van der Waals surface area contributed by atoms with Crippen molar-refractivity contribution in [3.8, 4) is 0 Å². The molecule has 0 unspecified atom stereocenters. The SMILES string of the molecule is CC(C)(C)c1ccc(CCNC(=O)CCN2C(=O)CSc3ccccc32)cc1. The summed E-state index contributed by atoms with van der Waals surface area (Å²) in [5.41, 5.74) is 3.58. The van der Waals surface area contributed by atoms with Gasteiger partial charge in [0.05, 0.1) is 11.4 Å². The van der Waals surface area contributed by atoms with Crippen LogP contribution in [0, 0.1) is 0 Å². The molecule has 2 aromatic rings. The van der Waals surface area contributed by atoms with Crippen LogP contribution in [-0.4, -0.2) is 30.7 Å². The van der Waals surface area contributed by atoms with Crippen molar-refractivity contribution < 1.29 is 9.59 Å². The third kappa shape index (κ3) is 5.16. The van der Waals surface area contributed by atoms with Crippen molar-refractivity contribution in [1.29, 1.82) is 0 Å². The van der Waals surface area contributed by atoms with Gasteiger partial charge in [0.15, 0.2) is 0 Å². The number of carbonyl (C=O) groups is 2. The summed E-state index contributed by atoms with van der Waals surface area (Å²) in [6, 6.07) is 16.4. The lowest BCUT2D eigenvalue weighted by Crippen LogP contribution is -2.38. The van der Waals surface area contributed by atoms with Gasteiger partial charge in [0.2, 0.25) is 11.8 Å². The first-order chi connectivity index (χ1) is 13.3. The minimum atomic E-state index is -0.0187. The molecular weight excluding hydrogens is 368 g/mol. The Kier molecular flexibility index (Phi) is 6.45. The predicted molar refractivity (Wildman–Crippen MR) is 116 cm³/mol. The maximum Gasteiger partial charge on any atom is 0.237 e. The van der Waals surface area contributed by atoms with Gasteiger partial charge in [-0.2, -0.15) is 0 Å². The Morgan fingerprint density at radius 3 is 2.54 bits per heavy atom. The van der Waals surface area contributed by atoms with E-state index < -0.39 is 0 Å². The average Bonchev–Trinajstić information content (AvgIpc) is 2.67. The number of hydrogen-bond donors (Lipinski definition) is 1. The Morgan fingerprint density at radius 2 is 1.82 bits per heavy atom. The summed E-state index contributed by atoms with van der Waals surface area (Å²) in [6.07, 6.45) is 1.12. The molecule has 1 N–H and O–H groups in total. The maximum atomic E-state index is 12.2. The monoisotopic (exact) mass is 396 g/mol. The molecule has 2 amide bonds. The fourth-order valence-corrected chi connectivity index (χ4v) is 4.15. The smallest absolute Gasteiger partial charge is 0.237 e. The van der Waals surface area contributed by atoms with E-state index in [0.717, 1.165) is 17.0 Å². The summed E-state index contributed by atoms with van der Waals surface area (Å²) in [4.78, 5) is 27.3. The van der Waals surface area contributed by atoms with E-state index in [1.54, 1.807) is 16.7 Å². The molecule has 5 heteroatoms. The van der Waals surface area contributed by atoms with E-state index in [1.807, 2.05) is 24.3 Å². The van der Waals surface area contributed by atoms with Crippen molar-refractivity contribution in [3.63, 3.8) is 0 Å². The number of amides is 2. The minimum absolute atomic E-state index is 0.0187. The van der Waals surface area contributed by atoms with Gasteiger partial charge in [-0.1, -0.05) is 57.2 Å². The third-order valence-electron chi connectivity index (χ3n) is 4.93. The molecular formula is C23H28N2O2S. The number of anilines is 1. The zero-order chi connectivity index (χ0) is 20.1. The summed E-state index contributed by atoms with van der Waals surface area (Å²) in [7, 11) is 0. The van der Waals surface area contributed by atoms with Crippen LogP contribution < -0.4 is 10.2 Å². The van der Waals surface area contributed by atoms with Gasteiger partial charge >= 0.3 is 0 Å². The Labute approximate surface area is 171 Å². The topological polar surface area (TPSA) is 49.4 Å². The first-order valence-corrected chi connectivity index (χ1v) is 10.7. The Bertz CT molecular complexity index is 840. The molecule has 0 atom stereocenters. The first kappa shape index (κ1) is 20.5. The molecule has 2 aromatic carbocycles. The number of thioether (sulfide) groups is 1. The van der Waals surface area contributed by atoms with Gasteiger partial charge in [0.1, 0.15) is 0 Å². The number of nitrogens with zero attached hydrogens (tertiary/aromatic N) is 1. The van der Waals surface area contributed by atoms with E-state index in [2.05, 4.69) is 50.4 Å². The zero-order valence-electron chi connectivity index (χ0n) is 16.8. The van der Waals surface area contributed by atoms with Crippen molar-refractivity contribution in [2.75, 3.05) is 23.7 Å². The quantitative estimate of drug-likeness (QED) is 0.797. The van der Waals surface area contributed by atoms with E-state index in [9.17, 15) is 9.59 Å². The Hall–Kier alpha value is -2.27. The number of nitrogens with one attached hydrogen (secondary N) is 1. The fraction of sp³-hybridized carbons (Fsp3) is 0.391. The van der Waals surface area contributed by atoms with Crippen LogP contribution in [0.15, 0.2) is 53.4 Å². The molecule has 0 spiro atoms. The molecule has 0 radical (unpaired) electrons. The molecule has 0 saturated heterocycles. The number of fused-ring (bicyclic) bond motifs is 1. The summed E-state index contributed by atoms with van der Waals surface area (Å²) < 4.78 is 0. The molecule has 1 heterocycles. The summed E-state index contributed by atoms with van der Waals surface area (Å²) >= 11 is 1.56. The predicted octanol–water partition coefficient (Wildman–Crippen LogP) is 4.17. The molecule has 1 aliphatic rings. The van der Waals surface area contributed by atoms with Gasteiger partial charge in [0, 0.05) is 24.4 Å². The van der Waals surface area contributed by atoms with Crippen LogP contribution >= 0.6 is 11.8 Å². The molecule has 0 aromatic heterocycles. The number of para-hydroxylation sites is 1. The van der Waals surface area contributed by atoms with E-state index in [-0.39, 0.29) is 17.2 Å². The van der Waals surface area contributed by atoms with Crippen molar-refractivity contribution in [3.05, 3.63) is 59.7 Å². The number of carbonyl (C=O) groups excluding carboxylic acids is 2. The molecule has 0 aliphatic carbocycles. The van der Waals surface area contributed by atoms with Crippen molar-refractivity contribution in [2.45, 2.75) is 43.9 Å².